The zero-order chi connectivity index (χ0) is 23.7. The van der Waals surface area contributed by atoms with Crippen molar-refractivity contribution >= 4 is 11.6 Å². The third-order valence-corrected chi connectivity index (χ3v) is 7.70. The second-order valence-corrected chi connectivity index (χ2v) is 9.53. The number of hydrogen-bond donors (Lipinski definition) is 2. The SMILES string of the molecule is C=C.CC(O)C1(C)CCC2c3ccc(OC(C)(C)C(N)=O)c([N+](=O)[O-])c3CCC2C1C. The van der Waals surface area contributed by atoms with Crippen LogP contribution in [-0.2, 0) is 11.2 Å². The van der Waals surface area contributed by atoms with Crippen molar-refractivity contribution in [1.82, 2.24) is 0 Å². The van der Waals surface area contributed by atoms with Crippen LogP contribution in [0.1, 0.15) is 70.9 Å². The normalized spacial score (nSPS) is 28.3. The highest BCUT2D eigenvalue weighted by atomic mass is 16.6. The summed E-state index contributed by atoms with van der Waals surface area (Å²) >= 11 is 0. The Balaban J connectivity index is 0.00000166. The molecule has 2 aliphatic carbocycles. The van der Waals surface area contributed by atoms with E-state index in [0.29, 0.717) is 23.8 Å². The number of aliphatic hydroxyl groups is 1. The van der Waals surface area contributed by atoms with E-state index in [1.165, 1.54) is 13.8 Å². The maximum absolute atomic E-state index is 11.9. The number of nitro benzene ring substituents is 1. The molecule has 1 fully saturated rings. The molecule has 172 valence electrons. The van der Waals surface area contributed by atoms with Crippen LogP contribution in [0.3, 0.4) is 0 Å². The van der Waals surface area contributed by atoms with Crippen LogP contribution in [0.25, 0.3) is 0 Å². The fraction of sp³-hybridized carbons (Fsp3) is 0.625. The number of nitro groups is 1. The number of ether oxygens (including phenoxy) is 1. The average molecular weight is 433 g/mol. The molecule has 1 saturated carbocycles. The summed E-state index contributed by atoms with van der Waals surface area (Å²) in [5.41, 5.74) is 5.57. The number of primary amides is 1. The third kappa shape index (κ3) is 4.33. The quantitative estimate of drug-likeness (QED) is 0.404. The van der Waals surface area contributed by atoms with Gasteiger partial charge in [0.2, 0.25) is 0 Å². The molecule has 2 aliphatic rings. The van der Waals surface area contributed by atoms with E-state index in [1.807, 2.05) is 13.0 Å². The predicted octanol–water partition coefficient (Wildman–Crippen LogP) is 4.50. The Hall–Kier alpha value is -2.41. The first-order chi connectivity index (χ1) is 14.4. The van der Waals surface area contributed by atoms with Gasteiger partial charge in [0.25, 0.3) is 5.91 Å². The summed E-state index contributed by atoms with van der Waals surface area (Å²) in [6.45, 7) is 15.2. The maximum Gasteiger partial charge on any atom is 0.314 e. The van der Waals surface area contributed by atoms with E-state index in [1.54, 1.807) is 6.07 Å². The lowest BCUT2D eigenvalue weighted by Gasteiger charge is -2.52. The van der Waals surface area contributed by atoms with Crippen LogP contribution in [-0.4, -0.2) is 27.6 Å². The summed E-state index contributed by atoms with van der Waals surface area (Å²) in [6.07, 6.45) is 2.81. The molecule has 0 aromatic heterocycles. The van der Waals surface area contributed by atoms with Crippen molar-refractivity contribution in [2.75, 3.05) is 0 Å². The zero-order valence-electron chi connectivity index (χ0n) is 19.3. The second-order valence-electron chi connectivity index (χ2n) is 9.53. The van der Waals surface area contributed by atoms with E-state index < -0.39 is 16.4 Å². The molecule has 3 N–H and O–H groups in total. The van der Waals surface area contributed by atoms with Crippen molar-refractivity contribution in [3.63, 3.8) is 0 Å². The number of nitrogens with zero attached hydrogens (tertiary/aromatic N) is 1. The van der Waals surface area contributed by atoms with Gasteiger partial charge in [0.05, 0.1) is 11.0 Å². The monoisotopic (exact) mass is 432 g/mol. The van der Waals surface area contributed by atoms with Crippen LogP contribution < -0.4 is 10.5 Å². The first kappa shape index (κ1) is 24.9. The van der Waals surface area contributed by atoms with Gasteiger partial charge in [0, 0.05) is 5.56 Å². The van der Waals surface area contributed by atoms with Crippen molar-refractivity contribution in [1.29, 1.82) is 0 Å². The highest BCUT2D eigenvalue weighted by molar-refractivity contribution is 5.83. The highest BCUT2D eigenvalue weighted by Crippen LogP contribution is 2.57. The molecule has 0 bridgehead atoms. The Kier molecular flexibility index (Phi) is 7.21. The molecular weight excluding hydrogens is 396 g/mol. The number of fused-ring (bicyclic) bond motifs is 3. The third-order valence-electron chi connectivity index (χ3n) is 7.70. The molecular formula is C24H36N2O5. The van der Waals surface area contributed by atoms with E-state index in [9.17, 15) is 20.0 Å². The van der Waals surface area contributed by atoms with Crippen LogP contribution in [0.15, 0.2) is 25.3 Å². The van der Waals surface area contributed by atoms with E-state index in [2.05, 4.69) is 27.0 Å². The van der Waals surface area contributed by atoms with Gasteiger partial charge in [-0.2, -0.15) is 0 Å². The maximum atomic E-state index is 11.9. The lowest BCUT2D eigenvalue weighted by molar-refractivity contribution is -0.387. The predicted molar refractivity (Wildman–Crippen MR) is 121 cm³/mol. The summed E-state index contributed by atoms with van der Waals surface area (Å²) in [5.74, 6) is 0.344. The topological polar surface area (TPSA) is 116 Å². The minimum atomic E-state index is -1.34. The molecule has 1 aromatic carbocycles. The Labute approximate surface area is 184 Å². The number of nitrogens with two attached hydrogens (primary N) is 1. The van der Waals surface area contributed by atoms with Gasteiger partial charge in [-0.15, -0.1) is 13.2 Å². The molecule has 0 heterocycles. The van der Waals surface area contributed by atoms with Gasteiger partial charge in [-0.25, -0.2) is 0 Å². The summed E-state index contributed by atoms with van der Waals surface area (Å²) in [4.78, 5) is 23.2. The van der Waals surface area contributed by atoms with Crippen molar-refractivity contribution in [2.45, 2.75) is 77.9 Å². The fourth-order valence-corrected chi connectivity index (χ4v) is 5.33. The second kappa shape index (κ2) is 8.99. The molecule has 7 nitrogen and oxygen atoms in total. The number of carbonyl (C=O) groups excluding carboxylic acids is 1. The van der Waals surface area contributed by atoms with Crippen LogP contribution in [0.2, 0.25) is 0 Å². The molecule has 0 aliphatic heterocycles. The average Bonchev–Trinajstić information content (AvgIpc) is 2.70. The molecule has 5 unspecified atom stereocenters. The van der Waals surface area contributed by atoms with Crippen molar-refractivity contribution in [3.05, 3.63) is 46.5 Å². The van der Waals surface area contributed by atoms with E-state index >= 15 is 0 Å². The van der Waals surface area contributed by atoms with Gasteiger partial charge in [-0.05, 0) is 81.3 Å². The minimum absolute atomic E-state index is 0.0493. The largest absolute Gasteiger partial charge is 0.471 e. The molecule has 0 spiro atoms. The molecule has 0 saturated heterocycles. The Morgan fingerprint density at radius 1 is 1.39 bits per heavy atom. The summed E-state index contributed by atoms with van der Waals surface area (Å²) in [7, 11) is 0. The first-order valence-electron chi connectivity index (χ1n) is 10.9. The summed E-state index contributed by atoms with van der Waals surface area (Å²) < 4.78 is 5.69. The first-order valence-corrected chi connectivity index (χ1v) is 10.9. The zero-order valence-corrected chi connectivity index (χ0v) is 19.3. The smallest absolute Gasteiger partial charge is 0.314 e. The van der Waals surface area contributed by atoms with Crippen molar-refractivity contribution in [3.8, 4) is 5.75 Å². The van der Waals surface area contributed by atoms with Gasteiger partial charge in [0.1, 0.15) is 0 Å². The number of hydrogen-bond acceptors (Lipinski definition) is 5. The molecule has 0 radical (unpaired) electrons. The van der Waals surface area contributed by atoms with Crippen LogP contribution in [0.5, 0.6) is 5.75 Å². The van der Waals surface area contributed by atoms with Gasteiger partial charge < -0.3 is 15.6 Å². The van der Waals surface area contributed by atoms with Crippen LogP contribution in [0.4, 0.5) is 5.69 Å². The number of rotatable bonds is 5. The van der Waals surface area contributed by atoms with E-state index in [0.717, 1.165) is 24.8 Å². The van der Waals surface area contributed by atoms with Crippen LogP contribution in [0, 0.1) is 27.4 Å². The van der Waals surface area contributed by atoms with Crippen LogP contribution >= 0.6 is 0 Å². The van der Waals surface area contributed by atoms with Gasteiger partial charge in [-0.1, -0.05) is 19.9 Å². The Morgan fingerprint density at radius 2 is 2.00 bits per heavy atom. The number of carbonyl (C=O) groups is 1. The standard InChI is InChI=1S/C22H32N2O5.C2H4/c1-12-14-6-7-17-15(16(14)10-11-22(12,5)13(2)25)8-9-18(19(17)24(27)28)29-21(3,4)20(23)26;1-2/h8-9,12-14,16,25H,6-7,10-11H2,1-5H3,(H2,23,26);1-2H2. The molecule has 3 rings (SSSR count). The molecule has 31 heavy (non-hydrogen) atoms. The molecule has 5 atom stereocenters. The molecule has 1 amide bonds. The molecule has 7 heteroatoms. The lowest BCUT2D eigenvalue weighted by Crippen LogP contribution is -2.46. The number of aliphatic hydroxyl groups excluding tert-OH is 1. The minimum Gasteiger partial charge on any atom is -0.471 e. The van der Waals surface area contributed by atoms with Gasteiger partial charge in [0.15, 0.2) is 11.4 Å². The number of amides is 1. The summed E-state index contributed by atoms with van der Waals surface area (Å²) in [5, 5.41) is 22.3. The van der Waals surface area contributed by atoms with Gasteiger partial charge in [-0.3, -0.25) is 14.9 Å². The van der Waals surface area contributed by atoms with Gasteiger partial charge >= 0.3 is 5.69 Å². The fourth-order valence-electron chi connectivity index (χ4n) is 5.33. The highest BCUT2D eigenvalue weighted by Gasteiger charge is 2.49. The Morgan fingerprint density at radius 3 is 2.52 bits per heavy atom. The van der Waals surface area contributed by atoms with E-state index in [4.69, 9.17) is 10.5 Å². The lowest BCUT2D eigenvalue weighted by atomic mass is 9.54. The van der Waals surface area contributed by atoms with E-state index in [-0.39, 0.29) is 28.9 Å². The Bertz CT molecular complexity index is 851. The summed E-state index contributed by atoms with van der Waals surface area (Å²) in [6, 6.07) is 3.53. The van der Waals surface area contributed by atoms with Crippen molar-refractivity contribution in [2.24, 2.45) is 23.0 Å². The number of benzene rings is 1. The van der Waals surface area contributed by atoms with Crippen molar-refractivity contribution < 1.29 is 19.6 Å². The molecule has 1 aromatic rings.